The van der Waals surface area contributed by atoms with Gasteiger partial charge in [-0.25, -0.2) is 8.78 Å². The molecule has 0 unspecified atom stereocenters. The highest BCUT2D eigenvalue weighted by Crippen LogP contribution is 2.19. The molecule has 20 heavy (non-hydrogen) atoms. The van der Waals surface area contributed by atoms with Crippen molar-refractivity contribution in [1.29, 1.82) is 0 Å². The summed E-state index contributed by atoms with van der Waals surface area (Å²) in [5, 5.41) is 5.07. The van der Waals surface area contributed by atoms with E-state index in [1.54, 1.807) is 0 Å². The van der Waals surface area contributed by atoms with Crippen molar-refractivity contribution in [3.63, 3.8) is 0 Å². The van der Waals surface area contributed by atoms with Gasteiger partial charge in [0.25, 0.3) is 0 Å². The highest BCUT2D eigenvalue weighted by atomic mass is 32.2. The monoisotopic (exact) mass is 302 g/mol. The molecule has 0 fully saturated rings. The molecule has 1 aromatic rings. The Bertz CT molecular complexity index is 483. The topological polar surface area (TPSA) is 58.2 Å². The van der Waals surface area contributed by atoms with Gasteiger partial charge >= 0.3 is 0 Å². The maximum Gasteiger partial charge on any atom is 0.239 e. The molecule has 1 rings (SSSR count). The molecule has 0 heterocycles. The van der Waals surface area contributed by atoms with E-state index in [-0.39, 0.29) is 24.1 Å². The van der Waals surface area contributed by atoms with Gasteiger partial charge in [-0.2, -0.15) is 0 Å². The summed E-state index contributed by atoms with van der Waals surface area (Å²) < 4.78 is 25.6. The largest absolute Gasteiger partial charge is 0.355 e. The van der Waals surface area contributed by atoms with E-state index < -0.39 is 11.6 Å². The fourth-order valence-electron chi connectivity index (χ4n) is 1.27. The Morgan fingerprint density at radius 3 is 2.55 bits per heavy atom. The predicted molar refractivity (Wildman–Crippen MR) is 73.4 cm³/mol. The Morgan fingerprint density at radius 2 is 1.90 bits per heavy atom. The van der Waals surface area contributed by atoms with E-state index in [0.29, 0.717) is 11.4 Å². The van der Waals surface area contributed by atoms with Crippen LogP contribution in [0.2, 0.25) is 0 Å². The Labute approximate surface area is 120 Å². The van der Waals surface area contributed by atoms with Crippen molar-refractivity contribution in [2.24, 2.45) is 0 Å². The third-order valence-electron chi connectivity index (χ3n) is 2.28. The Balaban J connectivity index is 2.29. The summed E-state index contributed by atoms with van der Waals surface area (Å²) in [4.78, 5) is 23.2. The summed E-state index contributed by atoms with van der Waals surface area (Å²) >= 11 is 1.07. The summed E-state index contributed by atoms with van der Waals surface area (Å²) in [5.41, 5.74) is 0. The van der Waals surface area contributed by atoms with Gasteiger partial charge in [0, 0.05) is 11.4 Å². The summed E-state index contributed by atoms with van der Waals surface area (Å²) in [5.74, 6) is -2.43. The normalized spacial score (nSPS) is 10.2. The summed E-state index contributed by atoms with van der Waals surface area (Å²) in [6.45, 7) is 2.41. The second-order valence-electron chi connectivity index (χ2n) is 3.99. The van der Waals surface area contributed by atoms with E-state index in [1.165, 1.54) is 6.07 Å². The molecule has 110 valence electrons. The molecule has 0 aliphatic heterocycles. The maximum absolute atomic E-state index is 12.9. The SMILES string of the molecule is CCCNC(=O)CNC(=O)CSc1ccc(F)c(F)c1. The van der Waals surface area contributed by atoms with Crippen LogP contribution in [0.1, 0.15) is 13.3 Å². The summed E-state index contributed by atoms with van der Waals surface area (Å²) in [6.07, 6.45) is 0.825. The first-order valence-electron chi connectivity index (χ1n) is 6.14. The second kappa shape index (κ2) is 8.52. The molecule has 0 radical (unpaired) electrons. The molecule has 0 saturated heterocycles. The number of carbonyl (C=O) groups is 2. The van der Waals surface area contributed by atoms with Crippen molar-refractivity contribution in [2.45, 2.75) is 18.2 Å². The van der Waals surface area contributed by atoms with Crippen LogP contribution in [0, 0.1) is 11.6 Å². The molecule has 0 bridgehead atoms. The van der Waals surface area contributed by atoms with Crippen molar-refractivity contribution in [2.75, 3.05) is 18.8 Å². The zero-order valence-corrected chi connectivity index (χ0v) is 11.9. The molecule has 0 saturated carbocycles. The van der Waals surface area contributed by atoms with Crippen LogP contribution in [0.15, 0.2) is 23.1 Å². The van der Waals surface area contributed by atoms with Crippen molar-refractivity contribution in [1.82, 2.24) is 10.6 Å². The third kappa shape index (κ3) is 6.01. The minimum Gasteiger partial charge on any atom is -0.355 e. The van der Waals surface area contributed by atoms with Gasteiger partial charge in [-0.3, -0.25) is 9.59 Å². The average Bonchev–Trinajstić information content (AvgIpc) is 2.44. The summed E-state index contributed by atoms with van der Waals surface area (Å²) in [7, 11) is 0. The van der Waals surface area contributed by atoms with Crippen LogP contribution < -0.4 is 10.6 Å². The molecule has 0 spiro atoms. The first-order chi connectivity index (χ1) is 9.52. The van der Waals surface area contributed by atoms with Crippen LogP contribution in [0.3, 0.4) is 0 Å². The van der Waals surface area contributed by atoms with E-state index in [0.717, 1.165) is 30.3 Å². The Morgan fingerprint density at radius 1 is 1.15 bits per heavy atom. The zero-order valence-electron chi connectivity index (χ0n) is 11.0. The molecule has 0 aliphatic rings. The molecule has 0 aromatic heterocycles. The maximum atomic E-state index is 12.9. The van der Waals surface area contributed by atoms with Crippen LogP contribution in [-0.4, -0.2) is 30.7 Å². The van der Waals surface area contributed by atoms with Crippen molar-refractivity contribution >= 4 is 23.6 Å². The first-order valence-corrected chi connectivity index (χ1v) is 7.12. The van der Waals surface area contributed by atoms with Gasteiger partial charge in [0.1, 0.15) is 0 Å². The number of hydrogen-bond acceptors (Lipinski definition) is 3. The molecular formula is C13H16F2N2O2S. The highest BCUT2D eigenvalue weighted by molar-refractivity contribution is 8.00. The van der Waals surface area contributed by atoms with Gasteiger partial charge in [-0.1, -0.05) is 6.92 Å². The average molecular weight is 302 g/mol. The number of rotatable bonds is 7. The van der Waals surface area contributed by atoms with Crippen LogP contribution in [0.5, 0.6) is 0 Å². The van der Waals surface area contributed by atoms with Crippen molar-refractivity contribution in [3.8, 4) is 0 Å². The van der Waals surface area contributed by atoms with E-state index in [9.17, 15) is 18.4 Å². The molecular weight excluding hydrogens is 286 g/mol. The molecule has 7 heteroatoms. The molecule has 2 N–H and O–H groups in total. The van der Waals surface area contributed by atoms with Gasteiger partial charge in [0.2, 0.25) is 11.8 Å². The van der Waals surface area contributed by atoms with Gasteiger partial charge in [-0.05, 0) is 24.6 Å². The van der Waals surface area contributed by atoms with Crippen LogP contribution in [0.4, 0.5) is 8.78 Å². The lowest BCUT2D eigenvalue weighted by atomic mass is 10.3. The fraction of sp³-hybridized carbons (Fsp3) is 0.385. The molecule has 4 nitrogen and oxygen atoms in total. The Hall–Kier alpha value is -1.63. The predicted octanol–water partition coefficient (Wildman–Crippen LogP) is 1.70. The molecule has 0 atom stereocenters. The van der Waals surface area contributed by atoms with Gasteiger partial charge in [0.15, 0.2) is 11.6 Å². The third-order valence-corrected chi connectivity index (χ3v) is 3.27. The smallest absolute Gasteiger partial charge is 0.239 e. The standard InChI is InChI=1S/C13H16F2N2O2S/c1-2-5-16-12(18)7-17-13(19)8-20-9-3-4-10(14)11(15)6-9/h3-4,6H,2,5,7-8H2,1H3,(H,16,18)(H,17,19). The van der Waals surface area contributed by atoms with Crippen LogP contribution >= 0.6 is 11.8 Å². The van der Waals surface area contributed by atoms with Crippen LogP contribution in [0.25, 0.3) is 0 Å². The number of benzene rings is 1. The van der Waals surface area contributed by atoms with Gasteiger partial charge < -0.3 is 10.6 Å². The zero-order chi connectivity index (χ0) is 15.0. The highest BCUT2D eigenvalue weighted by Gasteiger charge is 2.07. The van der Waals surface area contributed by atoms with Crippen LogP contribution in [-0.2, 0) is 9.59 Å². The second-order valence-corrected chi connectivity index (χ2v) is 5.04. The number of nitrogens with one attached hydrogen (secondary N) is 2. The minimum absolute atomic E-state index is 0.0339. The quantitative estimate of drug-likeness (QED) is 0.754. The van der Waals surface area contributed by atoms with Crippen molar-refractivity contribution < 1.29 is 18.4 Å². The molecule has 2 amide bonds. The molecule has 1 aromatic carbocycles. The lowest BCUT2D eigenvalue weighted by Gasteiger charge is -2.06. The number of halogens is 2. The van der Waals surface area contributed by atoms with E-state index >= 15 is 0 Å². The number of thioether (sulfide) groups is 1. The van der Waals surface area contributed by atoms with E-state index in [2.05, 4.69) is 10.6 Å². The van der Waals surface area contributed by atoms with Gasteiger partial charge in [-0.15, -0.1) is 11.8 Å². The minimum atomic E-state index is -0.950. The van der Waals surface area contributed by atoms with E-state index in [4.69, 9.17) is 0 Å². The van der Waals surface area contributed by atoms with Gasteiger partial charge in [0.05, 0.1) is 12.3 Å². The fourth-order valence-corrected chi connectivity index (χ4v) is 2.02. The lowest BCUT2D eigenvalue weighted by Crippen LogP contribution is -2.37. The van der Waals surface area contributed by atoms with Crippen molar-refractivity contribution in [3.05, 3.63) is 29.8 Å². The first kappa shape index (κ1) is 16.4. The number of carbonyl (C=O) groups excluding carboxylic acids is 2. The van der Waals surface area contributed by atoms with E-state index in [1.807, 2.05) is 6.92 Å². The number of hydrogen-bond donors (Lipinski definition) is 2. The molecule has 0 aliphatic carbocycles. The number of amides is 2. The lowest BCUT2D eigenvalue weighted by molar-refractivity contribution is -0.124. The Kier molecular flexibility index (Phi) is 7.00. The summed E-state index contributed by atoms with van der Waals surface area (Å²) in [6, 6.07) is 3.43.